The van der Waals surface area contributed by atoms with Crippen LogP contribution in [0.5, 0.6) is 17.2 Å². The maximum atomic E-state index is 7.11. The van der Waals surface area contributed by atoms with Gasteiger partial charge in [-0.1, -0.05) is 78.9 Å². The maximum Gasteiger partial charge on any atom is 0.178 e. The Morgan fingerprint density at radius 2 is 1.27 bits per heavy atom. The van der Waals surface area contributed by atoms with Gasteiger partial charge in [0.05, 0.1) is 14.2 Å². The van der Waals surface area contributed by atoms with Gasteiger partial charge in [-0.25, -0.2) is 0 Å². The van der Waals surface area contributed by atoms with Crippen molar-refractivity contribution in [1.82, 2.24) is 0 Å². The van der Waals surface area contributed by atoms with Crippen LogP contribution in [0.15, 0.2) is 109 Å². The van der Waals surface area contributed by atoms with Crippen LogP contribution in [-0.4, -0.2) is 14.2 Å². The van der Waals surface area contributed by atoms with Crippen LogP contribution < -0.4 is 14.2 Å². The monoisotopic (exact) mass is 484 g/mol. The predicted molar refractivity (Wildman–Crippen MR) is 151 cm³/mol. The van der Waals surface area contributed by atoms with Gasteiger partial charge in [-0.3, -0.25) is 0 Å². The van der Waals surface area contributed by atoms with Gasteiger partial charge < -0.3 is 14.2 Å². The lowest BCUT2D eigenvalue weighted by Gasteiger charge is -2.37. The van der Waals surface area contributed by atoms with Gasteiger partial charge >= 0.3 is 0 Å². The third-order valence-electron chi connectivity index (χ3n) is 7.23. The Labute approximate surface area is 217 Å². The van der Waals surface area contributed by atoms with E-state index in [2.05, 4.69) is 91.9 Å². The molecule has 0 unspecified atom stereocenters. The van der Waals surface area contributed by atoms with Crippen molar-refractivity contribution in [3.63, 3.8) is 0 Å². The smallest absolute Gasteiger partial charge is 0.178 e. The molecule has 0 saturated heterocycles. The van der Waals surface area contributed by atoms with E-state index in [0.29, 0.717) is 0 Å². The first-order chi connectivity index (χ1) is 18.1. The minimum atomic E-state index is -0.801. The Hall–Kier alpha value is -4.50. The summed E-state index contributed by atoms with van der Waals surface area (Å²) in [5, 5.41) is 2.25. The quantitative estimate of drug-likeness (QED) is 0.252. The Balaban J connectivity index is 1.54. The van der Waals surface area contributed by atoms with Crippen LogP contribution in [0.3, 0.4) is 0 Å². The number of ether oxygens (including phenoxy) is 3. The predicted octanol–water partition coefficient (Wildman–Crippen LogP) is 8.18. The zero-order chi connectivity index (χ0) is 25.4. The van der Waals surface area contributed by atoms with Gasteiger partial charge in [0.25, 0.3) is 0 Å². The first-order valence-corrected chi connectivity index (χ1v) is 12.4. The maximum absolute atomic E-state index is 7.11. The molecule has 5 aromatic carbocycles. The number of fused-ring (bicyclic) bond motifs is 3. The molecule has 0 aliphatic carbocycles. The average Bonchev–Trinajstić information content (AvgIpc) is 2.97. The summed E-state index contributed by atoms with van der Waals surface area (Å²) in [7, 11) is 3.36. The molecule has 5 aromatic rings. The highest BCUT2D eigenvalue weighted by atomic mass is 16.5. The number of rotatable bonds is 5. The summed E-state index contributed by atoms with van der Waals surface area (Å²) in [4.78, 5) is 0. The summed E-state index contributed by atoms with van der Waals surface area (Å²) in [5.41, 5.74) is 5.93. The summed E-state index contributed by atoms with van der Waals surface area (Å²) < 4.78 is 18.0. The van der Waals surface area contributed by atoms with Crippen LogP contribution in [0.25, 0.3) is 28.0 Å². The van der Waals surface area contributed by atoms with Gasteiger partial charge in [0.1, 0.15) is 17.2 Å². The highest BCUT2D eigenvalue weighted by Crippen LogP contribution is 2.47. The van der Waals surface area contributed by atoms with E-state index in [1.54, 1.807) is 14.2 Å². The fourth-order valence-electron chi connectivity index (χ4n) is 5.20. The van der Waals surface area contributed by atoms with E-state index in [1.165, 1.54) is 16.7 Å². The molecule has 0 aromatic heterocycles. The fourth-order valence-corrected chi connectivity index (χ4v) is 5.20. The van der Waals surface area contributed by atoms with Crippen LogP contribution in [-0.2, 0) is 5.60 Å². The summed E-state index contributed by atoms with van der Waals surface area (Å²) in [6.07, 6.45) is 4.36. The second-order valence-electron chi connectivity index (χ2n) is 9.37. The van der Waals surface area contributed by atoms with E-state index in [0.717, 1.165) is 44.7 Å². The molecule has 0 radical (unpaired) electrons. The van der Waals surface area contributed by atoms with E-state index in [9.17, 15) is 0 Å². The first-order valence-electron chi connectivity index (χ1n) is 12.4. The number of hydrogen-bond donors (Lipinski definition) is 0. The summed E-state index contributed by atoms with van der Waals surface area (Å²) >= 11 is 0. The molecule has 0 saturated carbocycles. The standard InChI is InChI=1S/C34H28O3/c1-23-21-26-22-25(24-7-5-4-6-8-24)9-18-32(26)33-31(23)19-20-34(37-33,27-10-14-29(35-2)15-11-27)28-12-16-30(36-3)17-13-28/h4-22H,1-3H3. The van der Waals surface area contributed by atoms with Gasteiger partial charge in [0, 0.05) is 22.1 Å². The SMILES string of the molecule is COc1ccc(C2(c3ccc(OC)cc3)C=Cc3c(C)cc4cc(-c5ccccc5)ccc4c3O2)cc1. The Morgan fingerprint density at radius 3 is 1.86 bits per heavy atom. The fraction of sp³-hybridized carbons (Fsp3) is 0.118. The second kappa shape index (κ2) is 9.18. The number of benzene rings is 5. The van der Waals surface area contributed by atoms with Gasteiger partial charge in [0.15, 0.2) is 5.60 Å². The molecule has 3 heteroatoms. The van der Waals surface area contributed by atoms with Crippen LogP contribution in [0, 0.1) is 6.92 Å². The number of hydrogen-bond acceptors (Lipinski definition) is 3. The van der Waals surface area contributed by atoms with Crippen LogP contribution in [0.1, 0.15) is 22.3 Å². The topological polar surface area (TPSA) is 27.7 Å². The second-order valence-corrected chi connectivity index (χ2v) is 9.37. The molecule has 0 atom stereocenters. The zero-order valence-electron chi connectivity index (χ0n) is 21.2. The molecule has 0 fully saturated rings. The Bertz CT molecular complexity index is 1550. The first kappa shape index (κ1) is 22.9. The molecule has 6 rings (SSSR count). The van der Waals surface area contributed by atoms with Crippen molar-refractivity contribution in [3.8, 4) is 28.4 Å². The van der Waals surface area contributed by atoms with Crippen molar-refractivity contribution >= 4 is 16.8 Å². The van der Waals surface area contributed by atoms with Crippen molar-refractivity contribution in [2.45, 2.75) is 12.5 Å². The summed E-state index contributed by atoms with van der Waals surface area (Å²) in [6, 6.07) is 35.6. The molecule has 37 heavy (non-hydrogen) atoms. The van der Waals surface area contributed by atoms with E-state index >= 15 is 0 Å². The molecule has 1 aliphatic rings. The van der Waals surface area contributed by atoms with Crippen molar-refractivity contribution in [2.24, 2.45) is 0 Å². The lowest BCUT2D eigenvalue weighted by atomic mass is 9.82. The third-order valence-corrected chi connectivity index (χ3v) is 7.23. The molecule has 182 valence electrons. The average molecular weight is 485 g/mol. The van der Waals surface area contributed by atoms with Crippen molar-refractivity contribution in [3.05, 3.63) is 131 Å². The number of methoxy groups -OCH3 is 2. The number of aryl methyl sites for hydroxylation is 1. The lowest BCUT2D eigenvalue weighted by molar-refractivity contribution is 0.163. The summed E-state index contributed by atoms with van der Waals surface area (Å²) in [5.74, 6) is 2.51. The van der Waals surface area contributed by atoms with E-state index < -0.39 is 5.60 Å². The van der Waals surface area contributed by atoms with Crippen LogP contribution >= 0.6 is 0 Å². The molecular weight excluding hydrogens is 456 g/mol. The normalized spacial score (nSPS) is 13.6. The Morgan fingerprint density at radius 1 is 0.649 bits per heavy atom. The molecule has 1 aliphatic heterocycles. The largest absolute Gasteiger partial charge is 0.497 e. The van der Waals surface area contributed by atoms with Gasteiger partial charge in [-0.2, -0.15) is 0 Å². The van der Waals surface area contributed by atoms with Gasteiger partial charge in [-0.15, -0.1) is 0 Å². The van der Waals surface area contributed by atoms with Gasteiger partial charge in [-0.05, 0) is 65.4 Å². The van der Waals surface area contributed by atoms with Crippen LogP contribution in [0.4, 0.5) is 0 Å². The Kier molecular flexibility index (Phi) is 5.69. The molecule has 0 N–H and O–H groups in total. The zero-order valence-corrected chi connectivity index (χ0v) is 21.2. The lowest BCUT2D eigenvalue weighted by Crippen LogP contribution is -2.34. The third kappa shape index (κ3) is 3.93. The van der Waals surface area contributed by atoms with Crippen molar-refractivity contribution < 1.29 is 14.2 Å². The van der Waals surface area contributed by atoms with Crippen LogP contribution in [0.2, 0.25) is 0 Å². The van der Waals surface area contributed by atoms with Gasteiger partial charge in [0.2, 0.25) is 0 Å². The minimum absolute atomic E-state index is 0.801. The molecular formula is C34H28O3. The molecule has 3 nitrogen and oxygen atoms in total. The highest BCUT2D eigenvalue weighted by Gasteiger charge is 2.38. The van der Waals surface area contributed by atoms with Crippen molar-refractivity contribution in [1.29, 1.82) is 0 Å². The molecule has 0 spiro atoms. The van der Waals surface area contributed by atoms with Crippen molar-refractivity contribution in [2.75, 3.05) is 14.2 Å². The van der Waals surface area contributed by atoms with E-state index in [4.69, 9.17) is 14.2 Å². The minimum Gasteiger partial charge on any atom is -0.497 e. The molecule has 0 bridgehead atoms. The highest BCUT2D eigenvalue weighted by molar-refractivity contribution is 5.96. The van der Waals surface area contributed by atoms with E-state index in [-0.39, 0.29) is 0 Å². The summed E-state index contributed by atoms with van der Waals surface area (Å²) in [6.45, 7) is 2.15. The molecule has 1 heterocycles. The molecule has 0 amide bonds. The van der Waals surface area contributed by atoms with E-state index in [1.807, 2.05) is 30.3 Å².